The number of carbonyl (C=O) groups excluding carboxylic acids is 4. The molecule has 3 heterocycles. The first-order chi connectivity index (χ1) is 15.9. The van der Waals surface area contributed by atoms with Gasteiger partial charge in [0, 0.05) is 30.3 Å². The number of hydrogen-bond acceptors (Lipinski definition) is 5. The molecule has 0 aromatic heterocycles. The molecule has 170 valence electrons. The summed E-state index contributed by atoms with van der Waals surface area (Å²) in [6.45, 7) is 2.21. The molecule has 0 unspecified atom stereocenters. The van der Waals surface area contributed by atoms with Crippen LogP contribution in [0, 0.1) is 11.8 Å². The molecule has 2 saturated heterocycles. The third-order valence-corrected chi connectivity index (χ3v) is 7.20. The van der Waals surface area contributed by atoms with E-state index in [-0.39, 0.29) is 30.7 Å². The maximum absolute atomic E-state index is 13.7. The molecule has 2 aromatic rings. The molecular formula is C25H26N4O4. The number of para-hydroxylation sites is 1. The van der Waals surface area contributed by atoms with Crippen molar-refractivity contribution in [3.63, 3.8) is 0 Å². The number of carbonyl (C=O) groups is 4. The van der Waals surface area contributed by atoms with Crippen molar-refractivity contribution in [1.29, 1.82) is 0 Å². The van der Waals surface area contributed by atoms with Crippen molar-refractivity contribution in [3.05, 3.63) is 65.2 Å². The Hall–Kier alpha value is -3.52. The molecule has 8 heteroatoms. The molecule has 3 aliphatic rings. The van der Waals surface area contributed by atoms with Gasteiger partial charge in [-0.15, -0.1) is 0 Å². The zero-order chi connectivity index (χ0) is 23.3. The minimum absolute atomic E-state index is 0.134. The van der Waals surface area contributed by atoms with E-state index in [9.17, 15) is 19.2 Å². The number of rotatable bonds is 6. The summed E-state index contributed by atoms with van der Waals surface area (Å²) in [7, 11) is 0. The lowest BCUT2D eigenvalue weighted by Crippen LogP contribution is -2.53. The number of hydrogen-bond donors (Lipinski definition) is 3. The molecule has 1 spiro atoms. The van der Waals surface area contributed by atoms with Crippen molar-refractivity contribution in [3.8, 4) is 0 Å². The number of nitrogens with two attached hydrogens (primary N) is 1. The number of anilines is 1. The standard InChI is InChI=1S/C25H26N4O4/c1-2-15-9-6-10-16-21(15)27-24(33)25(16)20-19(17(28-25)13-18(26)30)22(31)29(23(20)32)12-11-14-7-4-3-5-8-14/h3-10,17,19-20,28H,2,11-13H2,1H3,(H2,26,30)(H,27,33)/t17-,19+,20+,25+/m0/s1. The largest absolute Gasteiger partial charge is 0.370 e. The first-order valence-electron chi connectivity index (χ1n) is 11.3. The Morgan fingerprint density at radius 2 is 1.82 bits per heavy atom. The molecule has 4 N–H and O–H groups in total. The molecule has 2 fully saturated rings. The fourth-order valence-corrected chi connectivity index (χ4v) is 5.74. The number of aryl methyl sites for hydroxylation is 1. The summed E-state index contributed by atoms with van der Waals surface area (Å²) >= 11 is 0. The van der Waals surface area contributed by atoms with E-state index in [1.807, 2.05) is 55.5 Å². The van der Waals surface area contributed by atoms with Gasteiger partial charge >= 0.3 is 0 Å². The van der Waals surface area contributed by atoms with Crippen LogP contribution in [0.1, 0.15) is 30.0 Å². The zero-order valence-electron chi connectivity index (χ0n) is 18.3. The fraction of sp³-hybridized carbons (Fsp3) is 0.360. The summed E-state index contributed by atoms with van der Waals surface area (Å²) in [4.78, 5) is 53.7. The molecular weight excluding hydrogens is 420 g/mol. The Kier molecular flexibility index (Phi) is 5.05. The van der Waals surface area contributed by atoms with Crippen LogP contribution in [0.25, 0.3) is 0 Å². The van der Waals surface area contributed by atoms with Gasteiger partial charge in [0.1, 0.15) is 5.54 Å². The minimum Gasteiger partial charge on any atom is -0.370 e. The van der Waals surface area contributed by atoms with Crippen molar-refractivity contribution >= 4 is 29.3 Å². The Balaban J connectivity index is 1.56. The molecule has 0 bridgehead atoms. The first-order valence-corrected chi connectivity index (χ1v) is 11.3. The highest BCUT2D eigenvalue weighted by molar-refractivity contribution is 6.15. The smallest absolute Gasteiger partial charge is 0.250 e. The number of imide groups is 1. The van der Waals surface area contributed by atoms with Crippen LogP contribution in [0.3, 0.4) is 0 Å². The van der Waals surface area contributed by atoms with Gasteiger partial charge in [-0.1, -0.05) is 55.5 Å². The van der Waals surface area contributed by atoms with Crippen LogP contribution in [-0.2, 0) is 37.6 Å². The highest BCUT2D eigenvalue weighted by Gasteiger charge is 2.70. The molecule has 3 aliphatic heterocycles. The normalized spacial score (nSPS) is 27.7. The molecule has 0 aliphatic carbocycles. The van der Waals surface area contributed by atoms with E-state index < -0.39 is 29.3 Å². The van der Waals surface area contributed by atoms with E-state index in [0.29, 0.717) is 24.1 Å². The maximum atomic E-state index is 13.7. The average Bonchev–Trinajstić information content (AvgIpc) is 3.37. The van der Waals surface area contributed by atoms with Crippen LogP contribution in [0.4, 0.5) is 5.69 Å². The second-order valence-corrected chi connectivity index (χ2v) is 8.94. The van der Waals surface area contributed by atoms with Crippen LogP contribution < -0.4 is 16.4 Å². The second-order valence-electron chi connectivity index (χ2n) is 8.94. The molecule has 0 radical (unpaired) electrons. The van der Waals surface area contributed by atoms with Gasteiger partial charge in [-0.05, 0) is 24.0 Å². The number of benzene rings is 2. The van der Waals surface area contributed by atoms with Gasteiger partial charge in [0.2, 0.25) is 23.6 Å². The Morgan fingerprint density at radius 3 is 2.52 bits per heavy atom. The fourth-order valence-electron chi connectivity index (χ4n) is 5.74. The number of likely N-dealkylation sites (tertiary alicyclic amines) is 1. The number of amides is 4. The quantitative estimate of drug-likeness (QED) is 0.574. The summed E-state index contributed by atoms with van der Waals surface area (Å²) in [6, 6.07) is 14.5. The van der Waals surface area contributed by atoms with Gasteiger partial charge in [0.25, 0.3) is 0 Å². The highest BCUT2D eigenvalue weighted by Crippen LogP contribution is 2.53. The molecule has 5 rings (SSSR count). The van der Waals surface area contributed by atoms with Gasteiger partial charge in [-0.25, -0.2) is 0 Å². The highest BCUT2D eigenvalue weighted by atomic mass is 16.2. The first kappa shape index (κ1) is 21.3. The van der Waals surface area contributed by atoms with Crippen LogP contribution in [0.5, 0.6) is 0 Å². The predicted octanol–water partition coefficient (Wildman–Crippen LogP) is 1.09. The van der Waals surface area contributed by atoms with E-state index in [0.717, 1.165) is 11.1 Å². The van der Waals surface area contributed by atoms with E-state index >= 15 is 0 Å². The number of primary amides is 1. The number of fused-ring (bicyclic) bond motifs is 4. The topological polar surface area (TPSA) is 122 Å². The molecule has 33 heavy (non-hydrogen) atoms. The lowest BCUT2D eigenvalue weighted by atomic mass is 9.76. The third-order valence-electron chi connectivity index (χ3n) is 7.20. The van der Waals surface area contributed by atoms with Gasteiger partial charge in [-0.3, -0.25) is 29.4 Å². The second kappa shape index (κ2) is 7.81. The number of nitrogens with one attached hydrogen (secondary N) is 2. The van der Waals surface area contributed by atoms with E-state index in [2.05, 4.69) is 10.6 Å². The predicted molar refractivity (Wildman–Crippen MR) is 121 cm³/mol. The summed E-state index contributed by atoms with van der Waals surface area (Å²) in [6.07, 6.45) is 1.08. The molecule has 4 atom stereocenters. The van der Waals surface area contributed by atoms with E-state index in [1.165, 1.54) is 4.90 Å². The van der Waals surface area contributed by atoms with Crippen LogP contribution >= 0.6 is 0 Å². The maximum Gasteiger partial charge on any atom is 0.250 e. The van der Waals surface area contributed by atoms with Gasteiger partial charge in [-0.2, -0.15) is 0 Å². The third kappa shape index (κ3) is 3.08. The average molecular weight is 447 g/mol. The van der Waals surface area contributed by atoms with E-state index in [4.69, 9.17) is 5.73 Å². The Morgan fingerprint density at radius 1 is 1.06 bits per heavy atom. The lowest BCUT2D eigenvalue weighted by molar-refractivity contribution is -0.142. The van der Waals surface area contributed by atoms with Gasteiger partial charge < -0.3 is 11.1 Å². The zero-order valence-corrected chi connectivity index (χ0v) is 18.3. The van der Waals surface area contributed by atoms with Crippen LogP contribution in [-0.4, -0.2) is 41.1 Å². The molecule has 2 aromatic carbocycles. The van der Waals surface area contributed by atoms with Crippen molar-refractivity contribution in [2.24, 2.45) is 17.6 Å². The summed E-state index contributed by atoms with van der Waals surface area (Å²) in [5.74, 6) is -3.46. The number of nitrogens with zero attached hydrogens (tertiary/aromatic N) is 1. The van der Waals surface area contributed by atoms with Crippen molar-refractivity contribution < 1.29 is 19.2 Å². The Bertz CT molecular complexity index is 1160. The van der Waals surface area contributed by atoms with Crippen molar-refractivity contribution in [2.75, 3.05) is 11.9 Å². The van der Waals surface area contributed by atoms with Crippen LogP contribution in [0.2, 0.25) is 0 Å². The van der Waals surface area contributed by atoms with Gasteiger partial charge in [0.15, 0.2) is 0 Å². The monoisotopic (exact) mass is 446 g/mol. The summed E-state index contributed by atoms with van der Waals surface area (Å²) in [5.41, 5.74) is 7.36. The Labute approximate surface area is 191 Å². The van der Waals surface area contributed by atoms with Crippen molar-refractivity contribution in [2.45, 2.75) is 37.8 Å². The molecule has 8 nitrogen and oxygen atoms in total. The lowest BCUT2D eigenvalue weighted by Gasteiger charge is -2.29. The SMILES string of the molecule is CCc1cccc2c1NC(=O)[C@@]21N[C@@H](CC(N)=O)[C@H]2C(=O)N(CCc3ccccc3)C(=O)[C@@H]21. The summed E-state index contributed by atoms with van der Waals surface area (Å²) in [5, 5.41) is 6.18. The molecule has 0 saturated carbocycles. The molecule has 4 amide bonds. The minimum atomic E-state index is -1.40. The van der Waals surface area contributed by atoms with E-state index in [1.54, 1.807) is 0 Å². The van der Waals surface area contributed by atoms with Crippen molar-refractivity contribution in [1.82, 2.24) is 10.2 Å². The summed E-state index contributed by atoms with van der Waals surface area (Å²) < 4.78 is 0. The van der Waals surface area contributed by atoms with Gasteiger partial charge in [0.05, 0.1) is 11.8 Å². The van der Waals surface area contributed by atoms with Crippen LogP contribution in [0.15, 0.2) is 48.5 Å².